The predicted octanol–water partition coefficient (Wildman–Crippen LogP) is 1.56. The number of aromatic nitrogens is 1. The fraction of sp³-hybridized carbons (Fsp3) is 0.650. The molecule has 0 aliphatic carbocycles. The van der Waals surface area contributed by atoms with Crippen molar-refractivity contribution in [1.82, 2.24) is 25.0 Å². The average molecular weight is 374 g/mol. The second kappa shape index (κ2) is 9.17. The summed E-state index contributed by atoms with van der Waals surface area (Å²) >= 11 is 0. The molecule has 1 N–H and O–H groups in total. The van der Waals surface area contributed by atoms with Gasteiger partial charge in [-0.05, 0) is 44.4 Å². The van der Waals surface area contributed by atoms with Crippen LogP contribution < -0.4 is 5.32 Å². The molecule has 0 spiro atoms. The van der Waals surface area contributed by atoms with Crippen LogP contribution in [0.25, 0.3) is 0 Å². The highest BCUT2D eigenvalue weighted by Gasteiger charge is 2.32. The molecular weight excluding hydrogens is 342 g/mol. The number of pyridine rings is 1. The van der Waals surface area contributed by atoms with E-state index in [1.165, 1.54) is 0 Å². The minimum atomic E-state index is 0.0453. The Labute approximate surface area is 161 Å². The highest BCUT2D eigenvalue weighted by Crippen LogP contribution is 2.24. The molecule has 1 atom stereocenters. The van der Waals surface area contributed by atoms with E-state index in [0.29, 0.717) is 12.6 Å². The van der Waals surface area contributed by atoms with Crippen LogP contribution in [-0.2, 0) is 11.3 Å². The van der Waals surface area contributed by atoms with E-state index in [1.54, 1.807) is 25.2 Å². The van der Waals surface area contributed by atoms with E-state index in [-0.39, 0.29) is 17.9 Å². The first-order chi connectivity index (χ1) is 13.0. The van der Waals surface area contributed by atoms with Crippen molar-refractivity contribution in [3.05, 3.63) is 30.1 Å². The van der Waals surface area contributed by atoms with Gasteiger partial charge in [0.1, 0.15) is 0 Å². The van der Waals surface area contributed by atoms with E-state index in [2.05, 4.69) is 15.2 Å². The summed E-state index contributed by atoms with van der Waals surface area (Å²) < 4.78 is 0. The van der Waals surface area contributed by atoms with E-state index >= 15 is 0 Å². The molecule has 3 amide bonds. The quantitative estimate of drug-likeness (QED) is 0.870. The van der Waals surface area contributed by atoms with E-state index in [1.807, 2.05) is 23.1 Å². The number of nitrogens with zero attached hydrogens (tertiary/aromatic N) is 4. The zero-order valence-electron chi connectivity index (χ0n) is 16.4. The third-order valence-corrected chi connectivity index (χ3v) is 5.63. The molecule has 0 radical (unpaired) electrons. The molecule has 2 aliphatic heterocycles. The van der Waals surface area contributed by atoms with Crippen molar-refractivity contribution >= 4 is 11.9 Å². The molecule has 0 aromatic carbocycles. The van der Waals surface area contributed by atoms with Crippen LogP contribution in [0, 0.1) is 5.92 Å². The van der Waals surface area contributed by atoms with Crippen LogP contribution in [0.1, 0.15) is 31.4 Å². The normalized spacial score (nSPS) is 21.7. The van der Waals surface area contributed by atoms with Gasteiger partial charge in [-0.2, -0.15) is 0 Å². The fourth-order valence-electron chi connectivity index (χ4n) is 4.08. The molecule has 7 heteroatoms. The van der Waals surface area contributed by atoms with Crippen LogP contribution in [0.2, 0.25) is 0 Å². The number of amides is 3. The maximum absolute atomic E-state index is 12.6. The lowest BCUT2D eigenvalue weighted by molar-refractivity contribution is -0.127. The van der Waals surface area contributed by atoms with Gasteiger partial charge in [0.25, 0.3) is 0 Å². The number of nitrogens with one attached hydrogen (secondary N) is 1. The van der Waals surface area contributed by atoms with E-state index in [4.69, 9.17) is 0 Å². The number of piperidine rings is 2. The van der Waals surface area contributed by atoms with Gasteiger partial charge < -0.3 is 15.1 Å². The lowest BCUT2D eigenvalue weighted by Crippen LogP contribution is -2.52. The highest BCUT2D eigenvalue weighted by molar-refractivity contribution is 5.79. The molecule has 3 rings (SSSR count). The molecule has 7 nitrogen and oxygen atoms in total. The molecule has 2 saturated heterocycles. The van der Waals surface area contributed by atoms with Crippen molar-refractivity contribution < 1.29 is 9.59 Å². The van der Waals surface area contributed by atoms with Crippen molar-refractivity contribution in [3.8, 4) is 0 Å². The Bertz CT molecular complexity index is 629. The van der Waals surface area contributed by atoms with Crippen LogP contribution in [-0.4, -0.2) is 77.9 Å². The first-order valence-electron chi connectivity index (χ1n) is 9.92. The van der Waals surface area contributed by atoms with Crippen molar-refractivity contribution in [1.29, 1.82) is 0 Å². The Morgan fingerprint density at radius 3 is 2.63 bits per heavy atom. The first-order valence-corrected chi connectivity index (χ1v) is 9.92. The number of carbonyl (C=O) groups excluding carboxylic acids is 2. The van der Waals surface area contributed by atoms with Crippen molar-refractivity contribution in [2.75, 3.05) is 40.3 Å². The summed E-state index contributed by atoms with van der Waals surface area (Å²) in [6.07, 6.45) is 5.72. The van der Waals surface area contributed by atoms with Gasteiger partial charge in [0, 0.05) is 46.0 Å². The summed E-state index contributed by atoms with van der Waals surface area (Å²) in [6.45, 7) is 3.96. The third-order valence-electron chi connectivity index (χ3n) is 5.63. The monoisotopic (exact) mass is 373 g/mol. The first kappa shape index (κ1) is 19.6. The summed E-state index contributed by atoms with van der Waals surface area (Å²) in [7, 11) is 3.60. The van der Waals surface area contributed by atoms with Gasteiger partial charge >= 0.3 is 6.03 Å². The fourth-order valence-corrected chi connectivity index (χ4v) is 4.08. The van der Waals surface area contributed by atoms with Gasteiger partial charge in [-0.3, -0.25) is 14.7 Å². The van der Waals surface area contributed by atoms with E-state index < -0.39 is 0 Å². The van der Waals surface area contributed by atoms with Crippen LogP contribution in [0.3, 0.4) is 0 Å². The van der Waals surface area contributed by atoms with Gasteiger partial charge in [-0.1, -0.05) is 6.07 Å². The lowest BCUT2D eigenvalue weighted by Gasteiger charge is -2.42. The van der Waals surface area contributed by atoms with Crippen LogP contribution in [0.5, 0.6) is 0 Å². The third kappa shape index (κ3) is 5.19. The van der Waals surface area contributed by atoms with Gasteiger partial charge in [-0.15, -0.1) is 0 Å². The largest absolute Gasteiger partial charge is 0.350 e. The summed E-state index contributed by atoms with van der Waals surface area (Å²) in [6, 6.07) is 6.31. The molecule has 2 aliphatic rings. The molecule has 0 bridgehead atoms. The topological polar surface area (TPSA) is 68.8 Å². The molecule has 3 heterocycles. The van der Waals surface area contributed by atoms with Crippen LogP contribution in [0.4, 0.5) is 4.79 Å². The zero-order valence-corrected chi connectivity index (χ0v) is 16.4. The summed E-state index contributed by atoms with van der Waals surface area (Å²) in [5.74, 6) is 0.175. The minimum Gasteiger partial charge on any atom is -0.350 e. The predicted molar refractivity (Wildman–Crippen MR) is 104 cm³/mol. The Hall–Kier alpha value is -2.15. The molecule has 2 fully saturated rings. The van der Waals surface area contributed by atoms with Crippen LogP contribution in [0.15, 0.2) is 24.4 Å². The Balaban J connectivity index is 1.46. The Morgan fingerprint density at radius 2 is 1.96 bits per heavy atom. The van der Waals surface area contributed by atoms with E-state index in [9.17, 15) is 9.59 Å². The smallest absolute Gasteiger partial charge is 0.319 e. The lowest BCUT2D eigenvalue weighted by atomic mass is 9.93. The molecule has 0 unspecified atom stereocenters. The summed E-state index contributed by atoms with van der Waals surface area (Å²) in [5, 5.41) is 3.04. The molecule has 0 saturated carbocycles. The molecule has 1 aromatic heterocycles. The Kier molecular flexibility index (Phi) is 6.66. The number of urea groups is 1. The van der Waals surface area contributed by atoms with Gasteiger partial charge in [0.15, 0.2) is 0 Å². The molecule has 1 aromatic rings. The molecular formula is C20H31N5O2. The zero-order chi connectivity index (χ0) is 19.2. The minimum absolute atomic E-state index is 0.0453. The SMILES string of the molecule is CN(C)C(=O)N1CCC(N2CCC[C@H](C(=O)NCc3ccccn3)C2)CC1. The maximum Gasteiger partial charge on any atom is 0.319 e. The standard InChI is InChI=1S/C20H31N5O2/c1-23(2)20(27)24-12-8-18(9-13-24)25-11-5-6-16(15-25)19(26)22-14-17-7-3-4-10-21-17/h3-4,7,10,16,18H,5-6,8-9,11-15H2,1-2H3,(H,22,26)/t16-/m0/s1. The Morgan fingerprint density at radius 1 is 1.19 bits per heavy atom. The van der Waals surface area contributed by atoms with Gasteiger partial charge in [0.05, 0.1) is 18.2 Å². The van der Waals surface area contributed by atoms with Crippen molar-refractivity contribution in [2.24, 2.45) is 5.92 Å². The van der Waals surface area contributed by atoms with Crippen molar-refractivity contribution in [3.63, 3.8) is 0 Å². The second-order valence-electron chi connectivity index (χ2n) is 7.77. The number of likely N-dealkylation sites (tertiary alicyclic amines) is 2. The van der Waals surface area contributed by atoms with Crippen molar-refractivity contribution in [2.45, 2.75) is 38.3 Å². The number of carbonyl (C=O) groups is 2. The van der Waals surface area contributed by atoms with Crippen LogP contribution >= 0.6 is 0 Å². The number of rotatable bonds is 4. The molecule has 148 valence electrons. The van der Waals surface area contributed by atoms with Gasteiger partial charge in [-0.25, -0.2) is 4.79 Å². The summed E-state index contributed by atoms with van der Waals surface area (Å²) in [4.78, 5) is 35.0. The molecule has 27 heavy (non-hydrogen) atoms. The number of hydrogen-bond donors (Lipinski definition) is 1. The number of hydrogen-bond acceptors (Lipinski definition) is 4. The maximum atomic E-state index is 12.6. The van der Waals surface area contributed by atoms with E-state index in [0.717, 1.165) is 57.6 Å². The van der Waals surface area contributed by atoms with Gasteiger partial charge in [0.2, 0.25) is 5.91 Å². The average Bonchev–Trinajstić information content (AvgIpc) is 2.72. The second-order valence-corrected chi connectivity index (χ2v) is 7.77. The highest BCUT2D eigenvalue weighted by atomic mass is 16.2. The summed E-state index contributed by atoms with van der Waals surface area (Å²) in [5.41, 5.74) is 0.886.